The van der Waals surface area contributed by atoms with Gasteiger partial charge < -0.3 is 20.9 Å². The number of ether oxygens (including phenoxy) is 1. The Bertz CT molecular complexity index is 1290. The number of nitrogens with zero attached hydrogens (tertiary/aromatic N) is 2. The van der Waals surface area contributed by atoms with E-state index >= 15 is 0 Å². The van der Waals surface area contributed by atoms with Crippen molar-refractivity contribution < 1.29 is 19.4 Å². The molecule has 37 heavy (non-hydrogen) atoms. The summed E-state index contributed by atoms with van der Waals surface area (Å²) in [5.41, 5.74) is 8.21. The quantitative estimate of drug-likeness (QED) is 0.588. The van der Waals surface area contributed by atoms with E-state index in [0.29, 0.717) is 17.7 Å². The highest BCUT2D eigenvalue weighted by Crippen LogP contribution is 2.43. The molecular formula is C29H36N4O4. The fraction of sp³-hybridized carbons (Fsp3) is 0.483. The van der Waals surface area contributed by atoms with E-state index in [1.165, 1.54) is 0 Å². The molecular weight excluding hydrogens is 468 g/mol. The first-order chi connectivity index (χ1) is 17.4. The molecule has 8 nitrogen and oxygen atoms in total. The summed E-state index contributed by atoms with van der Waals surface area (Å²) in [7, 11) is 0. The molecule has 0 saturated heterocycles. The van der Waals surface area contributed by atoms with Crippen LogP contribution in [0.3, 0.4) is 0 Å². The molecule has 2 aliphatic heterocycles. The standard InChI is InChI=1S/C29H36N4O4/c1-6-29(5)15-22(34)33(27(30)32-29)24-16(2)13-17-11-12-18(14-20(17)24)26(36)31-23-19-9-7-8-10-21(19)37-28(3,4)25(23)35/h7-12,14,16,23-25,35H,6,13,15H2,1-5H3,(H2,30,32)(H,31,36)/t16?,23-,24-,25+,29-/m1/s1. The second-order valence-corrected chi connectivity index (χ2v) is 11.4. The molecule has 1 aliphatic carbocycles. The van der Waals surface area contributed by atoms with E-state index in [2.05, 4.69) is 17.2 Å². The summed E-state index contributed by atoms with van der Waals surface area (Å²) in [6.07, 6.45) is 0.875. The van der Waals surface area contributed by atoms with Crippen molar-refractivity contribution in [1.29, 1.82) is 0 Å². The van der Waals surface area contributed by atoms with E-state index in [1.807, 2.05) is 50.2 Å². The molecule has 2 aromatic rings. The average molecular weight is 505 g/mol. The number of guanidine groups is 1. The largest absolute Gasteiger partial charge is 0.485 e. The summed E-state index contributed by atoms with van der Waals surface area (Å²) >= 11 is 0. The lowest BCUT2D eigenvalue weighted by molar-refractivity contribution is -0.132. The van der Waals surface area contributed by atoms with Gasteiger partial charge in [-0.25, -0.2) is 4.99 Å². The highest BCUT2D eigenvalue weighted by molar-refractivity contribution is 6.00. The summed E-state index contributed by atoms with van der Waals surface area (Å²) < 4.78 is 5.98. The number of hydrogen-bond acceptors (Lipinski definition) is 6. The Kier molecular flexibility index (Phi) is 6.06. The van der Waals surface area contributed by atoms with Gasteiger partial charge in [-0.05, 0) is 68.9 Å². The Balaban J connectivity index is 1.46. The first kappa shape index (κ1) is 25.3. The fourth-order valence-electron chi connectivity index (χ4n) is 5.89. The van der Waals surface area contributed by atoms with Gasteiger partial charge in [0.2, 0.25) is 5.91 Å². The average Bonchev–Trinajstić information content (AvgIpc) is 3.16. The molecule has 0 bridgehead atoms. The number of fused-ring (bicyclic) bond motifs is 2. The molecule has 5 atom stereocenters. The minimum Gasteiger partial charge on any atom is -0.485 e. The van der Waals surface area contributed by atoms with Crippen LogP contribution in [0.25, 0.3) is 0 Å². The molecule has 5 rings (SSSR count). The number of aliphatic imine (C=N–C) groups is 1. The van der Waals surface area contributed by atoms with Crippen LogP contribution in [0.4, 0.5) is 0 Å². The van der Waals surface area contributed by atoms with Gasteiger partial charge in [0, 0.05) is 11.1 Å². The maximum absolute atomic E-state index is 13.5. The van der Waals surface area contributed by atoms with Crippen LogP contribution in [-0.4, -0.2) is 45.0 Å². The minimum atomic E-state index is -0.941. The number of aliphatic hydroxyl groups is 1. The Labute approximate surface area is 217 Å². The van der Waals surface area contributed by atoms with Gasteiger partial charge in [0.05, 0.1) is 24.0 Å². The molecule has 2 amide bonds. The second kappa shape index (κ2) is 8.87. The summed E-state index contributed by atoms with van der Waals surface area (Å²) in [6, 6.07) is 12.1. The summed E-state index contributed by atoms with van der Waals surface area (Å²) in [5.74, 6) is 0.665. The zero-order valence-corrected chi connectivity index (χ0v) is 22.1. The van der Waals surface area contributed by atoms with Gasteiger partial charge >= 0.3 is 0 Å². The molecule has 2 heterocycles. The van der Waals surface area contributed by atoms with Crippen LogP contribution in [-0.2, 0) is 11.2 Å². The Morgan fingerprint density at radius 1 is 1.22 bits per heavy atom. The van der Waals surface area contributed by atoms with Gasteiger partial charge in [-0.15, -0.1) is 0 Å². The molecule has 4 N–H and O–H groups in total. The SMILES string of the molecule is CC[C@]1(C)CC(=O)N([C@H]2c3cc(C(=O)N[C@@H]4c5ccccc5OC(C)(C)[C@H]4O)ccc3CC2C)C(N)=N1. The van der Waals surface area contributed by atoms with Crippen molar-refractivity contribution in [2.24, 2.45) is 16.6 Å². The molecule has 2 aromatic carbocycles. The van der Waals surface area contributed by atoms with Crippen LogP contribution in [0.2, 0.25) is 0 Å². The first-order valence-corrected chi connectivity index (χ1v) is 13.0. The number of rotatable bonds is 4. The normalized spacial score (nSPS) is 30.2. The summed E-state index contributed by atoms with van der Waals surface area (Å²) in [5, 5.41) is 14.1. The van der Waals surface area contributed by atoms with Crippen LogP contribution in [0.15, 0.2) is 47.5 Å². The predicted octanol–water partition coefficient (Wildman–Crippen LogP) is 3.64. The molecule has 0 fully saturated rings. The van der Waals surface area contributed by atoms with E-state index in [-0.39, 0.29) is 29.7 Å². The maximum Gasteiger partial charge on any atom is 0.251 e. The lowest BCUT2D eigenvalue weighted by atomic mass is 9.86. The summed E-state index contributed by atoms with van der Waals surface area (Å²) in [4.78, 5) is 33.1. The third-order valence-corrected chi connectivity index (χ3v) is 8.22. The Morgan fingerprint density at radius 2 is 1.95 bits per heavy atom. The number of hydrogen-bond donors (Lipinski definition) is 3. The number of amides is 2. The van der Waals surface area contributed by atoms with E-state index in [0.717, 1.165) is 29.5 Å². The number of nitrogens with two attached hydrogens (primary N) is 1. The fourth-order valence-corrected chi connectivity index (χ4v) is 5.89. The first-order valence-electron chi connectivity index (χ1n) is 13.0. The Hall–Kier alpha value is -3.39. The third-order valence-electron chi connectivity index (χ3n) is 8.22. The number of para-hydroxylation sites is 1. The molecule has 196 valence electrons. The van der Waals surface area contributed by atoms with E-state index in [9.17, 15) is 14.7 Å². The number of carbonyl (C=O) groups excluding carboxylic acids is 2. The highest BCUT2D eigenvalue weighted by atomic mass is 16.5. The Morgan fingerprint density at radius 3 is 2.65 bits per heavy atom. The molecule has 3 aliphatic rings. The third kappa shape index (κ3) is 4.27. The topological polar surface area (TPSA) is 117 Å². The zero-order valence-electron chi connectivity index (χ0n) is 22.1. The van der Waals surface area contributed by atoms with Crippen molar-refractivity contribution >= 4 is 17.8 Å². The molecule has 0 radical (unpaired) electrons. The smallest absolute Gasteiger partial charge is 0.251 e. The van der Waals surface area contributed by atoms with Crippen molar-refractivity contribution in [3.8, 4) is 5.75 Å². The predicted molar refractivity (Wildman–Crippen MR) is 141 cm³/mol. The van der Waals surface area contributed by atoms with Crippen molar-refractivity contribution in [1.82, 2.24) is 10.2 Å². The van der Waals surface area contributed by atoms with Gasteiger partial charge in [-0.3, -0.25) is 14.5 Å². The van der Waals surface area contributed by atoms with Gasteiger partial charge in [0.15, 0.2) is 5.96 Å². The van der Waals surface area contributed by atoms with Crippen LogP contribution in [0.5, 0.6) is 5.75 Å². The highest BCUT2D eigenvalue weighted by Gasteiger charge is 2.45. The number of aliphatic hydroxyl groups excluding tert-OH is 1. The van der Waals surface area contributed by atoms with Crippen molar-refractivity contribution in [2.75, 3.05) is 0 Å². The number of nitrogens with one attached hydrogen (secondary N) is 1. The maximum atomic E-state index is 13.5. The zero-order chi connectivity index (χ0) is 26.7. The summed E-state index contributed by atoms with van der Waals surface area (Å²) in [6.45, 7) is 9.66. The van der Waals surface area contributed by atoms with Crippen molar-refractivity contribution in [3.05, 3.63) is 64.7 Å². The van der Waals surface area contributed by atoms with Gasteiger partial charge in [-0.2, -0.15) is 0 Å². The van der Waals surface area contributed by atoms with E-state index in [1.54, 1.807) is 24.8 Å². The molecule has 1 unspecified atom stereocenters. The van der Waals surface area contributed by atoms with Gasteiger partial charge in [-0.1, -0.05) is 38.1 Å². The van der Waals surface area contributed by atoms with Gasteiger partial charge in [0.25, 0.3) is 5.91 Å². The van der Waals surface area contributed by atoms with Crippen molar-refractivity contribution in [2.45, 2.75) is 83.2 Å². The molecule has 0 saturated carbocycles. The second-order valence-electron chi connectivity index (χ2n) is 11.4. The lowest BCUT2D eigenvalue weighted by Crippen LogP contribution is -2.53. The molecule has 0 aromatic heterocycles. The number of benzene rings is 2. The minimum absolute atomic E-state index is 0.0411. The monoisotopic (exact) mass is 504 g/mol. The molecule has 0 spiro atoms. The van der Waals surface area contributed by atoms with Crippen molar-refractivity contribution in [3.63, 3.8) is 0 Å². The lowest BCUT2D eigenvalue weighted by Gasteiger charge is -2.42. The van der Waals surface area contributed by atoms with Crippen LogP contribution in [0.1, 0.15) is 86.6 Å². The number of carbonyl (C=O) groups is 2. The van der Waals surface area contributed by atoms with Gasteiger partial charge in [0.1, 0.15) is 17.5 Å². The van der Waals surface area contributed by atoms with E-state index in [4.69, 9.17) is 10.5 Å². The molecule has 8 heteroatoms. The van der Waals surface area contributed by atoms with Crippen LogP contribution < -0.4 is 15.8 Å². The van der Waals surface area contributed by atoms with Crippen LogP contribution in [0, 0.1) is 5.92 Å². The van der Waals surface area contributed by atoms with E-state index < -0.39 is 23.3 Å². The van der Waals surface area contributed by atoms with Crippen LogP contribution >= 0.6 is 0 Å².